The molecule has 6 heteroatoms. The summed E-state index contributed by atoms with van der Waals surface area (Å²) in [5.74, 6) is 1.07. The van der Waals surface area contributed by atoms with Crippen molar-refractivity contribution in [3.63, 3.8) is 0 Å². The number of methoxy groups -OCH3 is 1. The smallest absolute Gasteiger partial charge is 0.228 e. The molecule has 33 heavy (non-hydrogen) atoms. The van der Waals surface area contributed by atoms with Gasteiger partial charge in [0.2, 0.25) is 5.91 Å². The van der Waals surface area contributed by atoms with Crippen molar-refractivity contribution in [3.8, 4) is 17.0 Å². The molecule has 0 radical (unpaired) electrons. The second-order valence-electron chi connectivity index (χ2n) is 8.98. The van der Waals surface area contributed by atoms with Gasteiger partial charge in [-0.05, 0) is 67.9 Å². The summed E-state index contributed by atoms with van der Waals surface area (Å²) in [7, 11) is 5.77. The molecule has 0 aliphatic heterocycles. The lowest BCUT2D eigenvalue weighted by Gasteiger charge is -2.09. The number of carbonyl (C=O) groups is 1. The minimum atomic E-state index is -0.00353. The third-order valence-electron chi connectivity index (χ3n) is 6.23. The van der Waals surface area contributed by atoms with Gasteiger partial charge in [-0.1, -0.05) is 36.4 Å². The number of rotatable bonds is 7. The Morgan fingerprint density at radius 3 is 2.55 bits per heavy atom. The number of H-pyrrole nitrogens is 1. The summed E-state index contributed by atoms with van der Waals surface area (Å²) in [6, 6.07) is 22.4. The van der Waals surface area contributed by atoms with E-state index >= 15 is 0 Å². The van der Waals surface area contributed by atoms with E-state index in [0.717, 1.165) is 46.6 Å². The normalized spacial score (nSPS) is 17.3. The van der Waals surface area contributed by atoms with Crippen LogP contribution in [0.15, 0.2) is 66.7 Å². The first-order valence-corrected chi connectivity index (χ1v) is 11.2. The van der Waals surface area contributed by atoms with E-state index in [2.05, 4.69) is 77.0 Å². The van der Waals surface area contributed by atoms with Crippen LogP contribution in [-0.4, -0.2) is 42.2 Å². The van der Waals surface area contributed by atoms with Crippen LogP contribution in [-0.2, 0) is 11.3 Å². The van der Waals surface area contributed by atoms with Gasteiger partial charge >= 0.3 is 0 Å². The van der Waals surface area contributed by atoms with Gasteiger partial charge in [-0.3, -0.25) is 9.89 Å². The highest BCUT2D eigenvalue weighted by atomic mass is 16.5. The van der Waals surface area contributed by atoms with Gasteiger partial charge in [0.15, 0.2) is 0 Å². The minimum absolute atomic E-state index is 0.00353. The summed E-state index contributed by atoms with van der Waals surface area (Å²) in [6.07, 6.45) is 0.863. The summed E-state index contributed by atoms with van der Waals surface area (Å²) < 4.78 is 5.17. The van der Waals surface area contributed by atoms with E-state index in [0.29, 0.717) is 0 Å². The minimum Gasteiger partial charge on any atom is -0.497 e. The van der Waals surface area contributed by atoms with Gasteiger partial charge in [0, 0.05) is 29.1 Å². The molecule has 1 aliphatic carbocycles. The van der Waals surface area contributed by atoms with E-state index in [4.69, 9.17) is 4.74 Å². The number of nitrogens with zero attached hydrogens (tertiary/aromatic N) is 2. The second kappa shape index (κ2) is 8.71. The molecule has 1 amide bonds. The van der Waals surface area contributed by atoms with E-state index in [9.17, 15) is 4.79 Å². The Balaban J connectivity index is 1.28. The first-order valence-electron chi connectivity index (χ1n) is 11.2. The summed E-state index contributed by atoms with van der Waals surface area (Å²) in [6.45, 7) is 0.916. The second-order valence-corrected chi connectivity index (χ2v) is 8.98. The molecule has 1 aromatic heterocycles. The summed E-state index contributed by atoms with van der Waals surface area (Å²) >= 11 is 0. The number of aromatic amines is 1. The van der Waals surface area contributed by atoms with Crippen LogP contribution < -0.4 is 10.1 Å². The van der Waals surface area contributed by atoms with Crippen molar-refractivity contribution >= 4 is 22.5 Å². The molecule has 4 aromatic rings. The Morgan fingerprint density at radius 1 is 1.09 bits per heavy atom. The van der Waals surface area contributed by atoms with E-state index < -0.39 is 0 Å². The predicted molar refractivity (Wildman–Crippen MR) is 131 cm³/mol. The fourth-order valence-electron chi connectivity index (χ4n) is 4.38. The Morgan fingerprint density at radius 2 is 1.85 bits per heavy atom. The molecular formula is C27H28N4O2. The van der Waals surface area contributed by atoms with Crippen LogP contribution in [0.3, 0.4) is 0 Å². The molecule has 2 atom stereocenters. The van der Waals surface area contributed by atoms with Crippen molar-refractivity contribution in [1.82, 2.24) is 15.1 Å². The quantitative estimate of drug-likeness (QED) is 0.422. The van der Waals surface area contributed by atoms with E-state index in [1.165, 1.54) is 11.1 Å². The molecule has 3 aromatic carbocycles. The Kier molecular flexibility index (Phi) is 5.60. The molecule has 1 fully saturated rings. The van der Waals surface area contributed by atoms with Gasteiger partial charge in [0.1, 0.15) is 5.75 Å². The fourth-order valence-corrected chi connectivity index (χ4v) is 4.38. The molecule has 168 valence electrons. The number of hydrogen-bond acceptors (Lipinski definition) is 4. The standard InChI is InChI=1S/C27H28N4O2/c1-31(2)16-17-4-6-18(7-5-17)26-22-13-8-19(14-25(22)29-30-26)23-15-24(23)27(32)28-20-9-11-21(33-3)12-10-20/h4-14,23-24H,15-16H2,1-3H3,(H,28,32)(H,29,30)/t23-,24+/m0/s1. The van der Waals surface area contributed by atoms with Crippen LogP contribution in [0.4, 0.5) is 5.69 Å². The Hall–Kier alpha value is -3.64. The van der Waals surface area contributed by atoms with E-state index in [1.54, 1.807) is 7.11 Å². The van der Waals surface area contributed by atoms with Crippen LogP contribution in [0.2, 0.25) is 0 Å². The third-order valence-corrected chi connectivity index (χ3v) is 6.23. The zero-order valence-electron chi connectivity index (χ0n) is 19.1. The summed E-state index contributed by atoms with van der Waals surface area (Å²) in [5.41, 5.74) is 6.29. The molecule has 1 aliphatic rings. The van der Waals surface area contributed by atoms with Gasteiger partial charge in [-0.2, -0.15) is 5.10 Å². The highest BCUT2D eigenvalue weighted by Crippen LogP contribution is 2.48. The van der Waals surface area contributed by atoms with Crippen LogP contribution in [0.5, 0.6) is 5.75 Å². The number of nitrogens with one attached hydrogen (secondary N) is 2. The molecule has 6 nitrogen and oxygen atoms in total. The zero-order chi connectivity index (χ0) is 22.9. The number of hydrogen-bond donors (Lipinski definition) is 2. The van der Waals surface area contributed by atoms with Crippen LogP contribution in [0.1, 0.15) is 23.5 Å². The molecule has 0 saturated heterocycles. The molecule has 0 bridgehead atoms. The van der Waals surface area contributed by atoms with Gasteiger partial charge in [0.05, 0.1) is 18.3 Å². The monoisotopic (exact) mass is 440 g/mol. The van der Waals surface area contributed by atoms with E-state index in [1.807, 2.05) is 24.3 Å². The van der Waals surface area contributed by atoms with Gasteiger partial charge < -0.3 is 15.0 Å². The number of benzene rings is 3. The number of amides is 1. The van der Waals surface area contributed by atoms with Crippen molar-refractivity contribution in [2.45, 2.75) is 18.9 Å². The average Bonchev–Trinajstić information content (AvgIpc) is 3.52. The maximum Gasteiger partial charge on any atom is 0.228 e. The molecule has 1 saturated carbocycles. The first-order chi connectivity index (χ1) is 16.0. The Bertz CT molecular complexity index is 1280. The molecule has 5 rings (SSSR count). The topological polar surface area (TPSA) is 70.2 Å². The molecule has 0 unspecified atom stereocenters. The lowest BCUT2D eigenvalue weighted by atomic mass is 10.0. The zero-order valence-corrected chi connectivity index (χ0v) is 19.1. The van der Waals surface area contributed by atoms with Crippen LogP contribution in [0, 0.1) is 5.92 Å². The first kappa shape index (κ1) is 21.2. The number of ether oxygens (including phenoxy) is 1. The summed E-state index contributed by atoms with van der Waals surface area (Å²) in [5, 5.41) is 11.9. The van der Waals surface area contributed by atoms with Gasteiger partial charge in [-0.25, -0.2) is 0 Å². The summed E-state index contributed by atoms with van der Waals surface area (Å²) in [4.78, 5) is 14.9. The lowest BCUT2D eigenvalue weighted by Crippen LogP contribution is -2.14. The van der Waals surface area contributed by atoms with Crippen molar-refractivity contribution in [2.75, 3.05) is 26.5 Å². The number of fused-ring (bicyclic) bond motifs is 1. The van der Waals surface area contributed by atoms with Crippen molar-refractivity contribution in [1.29, 1.82) is 0 Å². The highest BCUT2D eigenvalue weighted by molar-refractivity contribution is 5.96. The van der Waals surface area contributed by atoms with Gasteiger partial charge in [-0.15, -0.1) is 0 Å². The third kappa shape index (κ3) is 4.47. The SMILES string of the molecule is COc1ccc(NC(=O)[C@@H]2C[C@H]2c2ccc3c(-c4ccc(CN(C)C)cc4)n[nH]c3c2)cc1. The Labute approximate surface area is 193 Å². The molecular weight excluding hydrogens is 412 g/mol. The number of aromatic nitrogens is 2. The van der Waals surface area contributed by atoms with Crippen molar-refractivity contribution in [2.24, 2.45) is 5.92 Å². The fraction of sp³-hybridized carbons (Fsp3) is 0.259. The maximum atomic E-state index is 12.7. The van der Waals surface area contributed by atoms with E-state index in [-0.39, 0.29) is 17.7 Å². The highest BCUT2D eigenvalue weighted by Gasteiger charge is 2.44. The lowest BCUT2D eigenvalue weighted by molar-refractivity contribution is -0.117. The molecule has 2 N–H and O–H groups in total. The van der Waals surface area contributed by atoms with Crippen molar-refractivity contribution in [3.05, 3.63) is 77.9 Å². The number of carbonyl (C=O) groups excluding carboxylic acids is 1. The van der Waals surface area contributed by atoms with Crippen LogP contribution in [0.25, 0.3) is 22.2 Å². The van der Waals surface area contributed by atoms with Gasteiger partial charge in [0.25, 0.3) is 0 Å². The average molecular weight is 441 g/mol. The molecule has 0 spiro atoms. The maximum absolute atomic E-state index is 12.7. The van der Waals surface area contributed by atoms with Crippen LogP contribution >= 0.6 is 0 Å². The largest absolute Gasteiger partial charge is 0.497 e. The number of anilines is 1. The molecule has 1 heterocycles. The predicted octanol–water partition coefficient (Wildman–Crippen LogP) is 5.04. The van der Waals surface area contributed by atoms with Crippen molar-refractivity contribution < 1.29 is 9.53 Å².